The molecule has 0 spiro atoms. The highest BCUT2D eigenvalue weighted by molar-refractivity contribution is 7.34. The van der Waals surface area contributed by atoms with Crippen molar-refractivity contribution in [3.63, 3.8) is 0 Å². The summed E-state index contributed by atoms with van der Waals surface area (Å²) < 4.78 is 10.5. The average Bonchev–Trinajstić information content (AvgIpc) is 2.71. The van der Waals surface area contributed by atoms with Crippen LogP contribution in [0.25, 0.3) is 0 Å². The van der Waals surface area contributed by atoms with Crippen molar-refractivity contribution >= 4 is 19.5 Å². The second kappa shape index (κ2) is 3.89. The predicted octanol–water partition coefficient (Wildman–Crippen LogP) is 2.20. The quantitative estimate of drug-likeness (QED) is 0.671. The Balaban J connectivity index is 2.16. The van der Waals surface area contributed by atoms with Crippen LogP contribution in [0.1, 0.15) is 12.8 Å². The summed E-state index contributed by atoms with van der Waals surface area (Å²) in [5.74, 6) is 0. The van der Waals surface area contributed by atoms with Crippen LogP contribution in [0.2, 0.25) is 0 Å². The maximum absolute atomic E-state index is 10.5. The van der Waals surface area contributed by atoms with Crippen LogP contribution in [0.5, 0.6) is 0 Å². The van der Waals surface area contributed by atoms with Gasteiger partial charge in [0.05, 0.1) is 0 Å². The summed E-state index contributed by atoms with van der Waals surface area (Å²) in [7, 11) is 0.110. The van der Waals surface area contributed by atoms with Gasteiger partial charge in [0.1, 0.15) is 0 Å². The molecule has 0 radical (unpaired) electrons. The van der Waals surface area contributed by atoms with Crippen molar-refractivity contribution in [3.8, 4) is 0 Å². The molecule has 0 bridgehead atoms. The van der Waals surface area contributed by atoms with E-state index in [1.807, 2.05) is 24.3 Å². The van der Waals surface area contributed by atoms with Crippen LogP contribution in [0.3, 0.4) is 0 Å². The second-order valence-electron chi connectivity index (χ2n) is 3.30. The Kier molecular flexibility index (Phi) is 2.60. The third-order valence-corrected chi connectivity index (χ3v) is 2.94. The number of benzene rings is 1. The molecule has 1 saturated heterocycles. The summed E-state index contributed by atoms with van der Waals surface area (Å²) in [6.45, 7) is 2.32. The van der Waals surface area contributed by atoms with E-state index in [0.29, 0.717) is 0 Å². The molecule has 0 aromatic heterocycles. The van der Waals surface area contributed by atoms with Crippen molar-refractivity contribution in [2.45, 2.75) is 12.8 Å². The number of nitrogens with zero attached hydrogens (tertiary/aromatic N) is 1. The smallest absolute Gasteiger partial charge is 0.192 e. The Hall–Kier alpha value is -0.880. The standard InChI is InChI=1S/C10H12NOP/c12-13-10-5-3-9(4-6-10)11-7-1-2-8-11/h3-6H,1-2,7-8H2. The molecule has 1 aliphatic rings. The van der Waals surface area contributed by atoms with Crippen molar-refractivity contribution in [2.75, 3.05) is 18.0 Å². The van der Waals surface area contributed by atoms with Gasteiger partial charge in [0.2, 0.25) is 0 Å². The fourth-order valence-corrected chi connectivity index (χ4v) is 1.97. The highest BCUT2D eigenvalue weighted by Gasteiger charge is 2.11. The molecular weight excluding hydrogens is 181 g/mol. The zero-order valence-electron chi connectivity index (χ0n) is 7.44. The van der Waals surface area contributed by atoms with Gasteiger partial charge in [-0.25, -0.2) is 0 Å². The monoisotopic (exact) mass is 193 g/mol. The molecule has 0 unspecified atom stereocenters. The molecule has 68 valence electrons. The van der Waals surface area contributed by atoms with Crippen LogP contribution < -0.4 is 10.2 Å². The van der Waals surface area contributed by atoms with Crippen LogP contribution in [0, 0.1) is 0 Å². The summed E-state index contributed by atoms with van der Waals surface area (Å²) in [5, 5.41) is 0.850. The van der Waals surface area contributed by atoms with E-state index < -0.39 is 0 Å². The Morgan fingerprint density at radius 1 is 1.08 bits per heavy atom. The summed E-state index contributed by atoms with van der Waals surface area (Å²) in [6.07, 6.45) is 2.59. The van der Waals surface area contributed by atoms with Gasteiger partial charge in [-0.2, -0.15) is 0 Å². The summed E-state index contributed by atoms with van der Waals surface area (Å²) >= 11 is 0. The Morgan fingerprint density at radius 3 is 2.23 bits per heavy atom. The minimum Gasteiger partial charge on any atom is -0.372 e. The molecule has 0 saturated carbocycles. The van der Waals surface area contributed by atoms with Gasteiger partial charge in [-0.1, -0.05) is 0 Å². The molecule has 3 heteroatoms. The normalized spacial score (nSPS) is 16.8. The van der Waals surface area contributed by atoms with E-state index >= 15 is 0 Å². The minimum absolute atomic E-state index is 0.110. The third-order valence-electron chi connectivity index (χ3n) is 2.43. The first-order valence-corrected chi connectivity index (χ1v) is 5.40. The highest BCUT2D eigenvalue weighted by atomic mass is 31.1. The zero-order chi connectivity index (χ0) is 9.10. The fraction of sp³-hybridized carbons (Fsp3) is 0.400. The first-order chi connectivity index (χ1) is 6.40. The molecule has 13 heavy (non-hydrogen) atoms. The number of rotatable bonds is 2. The van der Waals surface area contributed by atoms with Gasteiger partial charge in [-0.3, -0.25) is 4.57 Å². The molecule has 0 N–H and O–H groups in total. The van der Waals surface area contributed by atoms with Crippen molar-refractivity contribution in [1.29, 1.82) is 0 Å². The van der Waals surface area contributed by atoms with Crippen molar-refractivity contribution in [1.82, 2.24) is 0 Å². The Morgan fingerprint density at radius 2 is 1.69 bits per heavy atom. The molecular formula is C10H12NOP. The fourth-order valence-electron chi connectivity index (χ4n) is 1.70. The maximum Gasteiger partial charge on any atom is 0.192 e. The second-order valence-corrected chi connectivity index (χ2v) is 4.00. The van der Waals surface area contributed by atoms with Crippen LogP contribution >= 0.6 is 8.46 Å². The minimum atomic E-state index is 0.110. The number of hydrogen-bond acceptors (Lipinski definition) is 2. The SMILES string of the molecule is O=Pc1ccc(N2CCCC2)cc1. The van der Waals surface area contributed by atoms with Gasteiger partial charge in [0.25, 0.3) is 0 Å². The molecule has 1 aromatic rings. The van der Waals surface area contributed by atoms with E-state index in [1.54, 1.807) is 0 Å². The van der Waals surface area contributed by atoms with Gasteiger partial charge in [0, 0.05) is 24.1 Å². The predicted molar refractivity (Wildman–Crippen MR) is 55.1 cm³/mol. The maximum atomic E-state index is 10.5. The lowest BCUT2D eigenvalue weighted by Gasteiger charge is -2.16. The molecule has 0 amide bonds. The molecule has 1 aromatic carbocycles. The lowest BCUT2D eigenvalue weighted by Crippen LogP contribution is -2.17. The summed E-state index contributed by atoms with van der Waals surface area (Å²) in [5.41, 5.74) is 1.25. The van der Waals surface area contributed by atoms with Crippen LogP contribution in [-0.2, 0) is 4.57 Å². The molecule has 1 fully saturated rings. The van der Waals surface area contributed by atoms with E-state index in [-0.39, 0.29) is 8.46 Å². The first-order valence-electron chi connectivity index (χ1n) is 4.58. The van der Waals surface area contributed by atoms with Crippen LogP contribution in [-0.4, -0.2) is 13.1 Å². The summed E-state index contributed by atoms with van der Waals surface area (Å²) in [4.78, 5) is 2.37. The van der Waals surface area contributed by atoms with Crippen molar-refractivity contribution in [2.24, 2.45) is 0 Å². The average molecular weight is 193 g/mol. The van der Waals surface area contributed by atoms with Crippen LogP contribution in [0.15, 0.2) is 24.3 Å². The molecule has 1 aliphatic heterocycles. The lowest BCUT2D eigenvalue weighted by molar-refractivity contribution is 0.603. The van der Waals surface area contributed by atoms with Crippen LogP contribution in [0.4, 0.5) is 5.69 Å². The van der Waals surface area contributed by atoms with E-state index in [2.05, 4.69) is 4.90 Å². The molecule has 0 atom stereocenters. The molecule has 2 rings (SSSR count). The number of anilines is 1. The Bertz CT molecular complexity index is 290. The lowest BCUT2D eigenvalue weighted by atomic mass is 10.3. The summed E-state index contributed by atoms with van der Waals surface area (Å²) in [6, 6.07) is 7.93. The topological polar surface area (TPSA) is 20.3 Å². The number of hydrogen-bond donors (Lipinski definition) is 0. The van der Waals surface area contributed by atoms with E-state index in [9.17, 15) is 4.57 Å². The molecule has 0 aliphatic carbocycles. The van der Waals surface area contributed by atoms with Crippen molar-refractivity contribution < 1.29 is 4.57 Å². The van der Waals surface area contributed by atoms with E-state index in [0.717, 1.165) is 18.4 Å². The highest BCUT2D eigenvalue weighted by Crippen LogP contribution is 2.19. The van der Waals surface area contributed by atoms with Gasteiger partial charge in [0.15, 0.2) is 8.46 Å². The molecule has 1 heterocycles. The third kappa shape index (κ3) is 1.89. The largest absolute Gasteiger partial charge is 0.372 e. The Labute approximate surface area is 79.8 Å². The van der Waals surface area contributed by atoms with Gasteiger partial charge in [-0.15, -0.1) is 0 Å². The van der Waals surface area contributed by atoms with Crippen molar-refractivity contribution in [3.05, 3.63) is 24.3 Å². The van der Waals surface area contributed by atoms with E-state index in [1.165, 1.54) is 18.5 Å². The van der Waals surface area contributed by atoms with Gasteiger partial charge >= 0.3 is 0 Å². The zero-order valence-corrected chi connectivity index (χ0v) is 8.33. The first kappa shape index (κ1) is 8.71. The van der Waals surface area contributed by atoms with Gasteiger partial charge < -0.3 is 4.90 Å². The van der Waals surface area contributed by atoms with Gasteiger partial charge in [-0.05, 0) is 37.1 Å². The van der Waals surface area contributed by atoms with E-state index in [4.69, 9.17) is 0 Å². The molecule has 2 nitrogen and oxygen atoms in total.